The van der Waals surface area contributed by atoms with E-state index in [1.807, 2.05) is 24.3 Å². The van der Waals surface area contributed by atoms with Crippen LogP contribution in [-0.4, -0.2) is 8.76 Å². The molecule has 3 rings (SSSR count). The van der Waals surface area contributed by atoms with Gasteiger partial charge in [-0.05, 0) is 24.3 Å². The molecule has 0 bridgehead atoms. The Balaban J connectivity index is 0.000000902. The van der Waals surface area contributed by atoms with E-state index < -0.39 is 11.4 Å². The fourth-order valence-electron chi connectivity index (χ4n) is 1.84. The van der Waals surface area contributed by atoms with Crippen LogP contribution in [-0.2, 0) is 11.4 Å². The summed E-state index contributed by atoms with van der Waals surface area (Å²) in [7, 11) is 0. The van der Waals surface area contributed by atoms with Crippen molar-refractivity contribution in [1.82, 2.24) is 0 Å². The molecule has 0 N–H and O–H groups in total. The third kappa shape index (κ3) is 2.46. The number of hydrogen-bond donors (Lipinski definition) is 0. The standard InChI is InChI=1S/C12H8O4S.Na.H/c13-17(14)16-8-5-6-12-10(7-8)9-3-1-2-4-11(9)15-12;;/h1-7H,(H,13,14);;/q;+1;-1/p-1. The van der Waals surface area contributed by atoms with Crippen molar-refractivity contribution >= 4 is 33.3 Å². The molecule has 0 radical (unpaired) electrons. The summed E-state index contributed by atoms with van der Waals surface area (Å²) in [5.74, 6) is 0.275. The Morgan fingerprint density at radius 2 is 1.83 bits per heavy atom. The van der Waals surface area contributed by atoms with Crippen molar-refractivity contribution in [3.8, 4) is 5.75 Å². The molecule has 1 heterocycles. The molecule has 6 heteroatoms. The number of rotatable bonds is 2. The maximum atomic E-state index is 10.5. The smallest absolute Gasteiger partial charge is 1.00 e. The number of furan rings is 1. The Kier molecular flexibility index (Phi) is 4.09. The van der Waals surface area contributed by atoms with Gasteiger partial charge in [0.2, 0.25) is 0 Å². The van der Waals surface area contributed by atoms with E-state index in [2.05, 4.69) is 4.18 Å². The monoisotopic (exact) mass is 271 g/mol. The normalized spacial score (nSPS) is 12.3. The SMILES string of the molecule is O=S([O-])Oc1ccc2oc3ccccc3c2c1.[H-].[Na+]. The average Bonchev–Trinajstić information content (AvgIpc) is 2.66. The minimum Gasteiger partial charge on any atom is -1.00 e. The zero-order chi connectivity index (χ0) is 11.8. The van der Waals surface area contributed by atoms with E-state index >= 15 is 0 Å². The Morgan fingerprint density at radius 3 is 2.61 bits per heavy atom. The average molecular weight is 271 g/mol. The first-order chi connectivity index (χ1) is 8.24. The van der Waals surface area contributed by atoms with E-state index in [0.29, 0.717) is 5.58 Å². The Hall–Kier alpha value is -0.850. The van der Waals surface area contributed by atoms with Gasteiger partial charge in [0.1, 0.15) is 28.3 Å². The first kappa shape index (κ1) is 13.6. The maximum Gasteiger partial charge on any atom is 1.00 e. The molecule has 0 aliphatic heterocycles. The zero-order valence-electron chi connectivity index (χ0n) is 10.6. The molecule has 2 aromatic carbocycles. The molecule has 1 unspecified atom stereocenters. The van der Waals surface area contributed by atoms with Crippen molar-refractivity contribution in [2.24, 2.45) is 0 Å². The molecule has 88 valence electrons. The minimum absolute atomic E-state index is 0. The van der Waals surface area contributed by atoms with Gasteiger partial charge < -0.3 is 14.6 Å². The molecule has 0 aliphatic carbocycles. The van der Waals surface area contributed by atoms with Gasteiger partial charge >= 0.3 is 29.6 Å². The zero-order valence-corrected chi connectivity index (χ0v) is 12.4. The number of fused-ring (bicyclic) bond motifs is 3. The largest absolute Gasteiger partial charge is 1.00 e. The van der Waals surface area contributed by atoms with Crippen molar-refractivity contribution < 1.29 is 48.3 Å². The van der Waals surface area contributed by atoms with E-state index in [1.165, 1.54) is 0 Å². The van der Waals surface area contributed by atoms with Crippen molar-refractivity contribution in [2.45, 2.75) is 0 Å². The minimum atomic E-state index is -2.56. The van der Waals surface area contributed by atoms with Gasteiger partial charge in [-0.2, -0.15) is 0 Å². The van der Waals surface area contributed by atoms with Crippen LogP contribution in [0.4, 0.5) is 0 Å². The Morgan fingerprint density at radius 1 is 1.11 bits per heavy atom. The van der Waals surface area contributed by atoms with Crippen molar-refractivity contribution in [3.05, 3.63) is 42.5 Å². The van der Waals surface area contributed by atoms with Gasteiger partial charge in [-0.3, -0.25) is 0 Å². The van der Waals surface area contributed by atoms with Crippen molar-refractivity contribution in [3.63, 3.8) is 0 Å². The van der Waals surface area contributed by atoms with Gasteiger partial charge in [0, 0.05) is 10.8 Å². The molecule has 0 amide bonds. The van der Waals surface area contributed by atoms with Crippen LogP contribution in [0.2, 0.25) is 0 Å². The second kappa shape index (κ2) is 5.42. The molecular formula is C12H8NaO4S-. The van der Waals surface area contributed by atoms with Crippen LogP contribution in [0.1, 0.15) is 1.43 Å². The molecule has 0 spiro atoms. The van der Waals surface area contributed by atoms with Crippen LogP contribution >= 0.6 is 0 Å². The summed E-state index contributed by atoms with van der Waals surface area (Å²) < 4.78 is 31.1. The van der Waals surface area contributed by atoms with E-state index in [9.17, 15) is 8.76 Å². The molecule has 4 nitrogen and oxygen atoms in total. The number of benzene rings is 2. The molecule has 1 aromatic heterocycles. The summed E-state index contributed by atoms with van der Waals surface area (Å²) >= 11 is -2.56. The van der Waals surface area contributed by atoms with Gasteiger partial charge in [-0.1, -0.05) is 18.2 Å². The van der Waals surface area contributed by atoms with Crippen LogP contribution in [0.5, 0.6) is 5.75 Å². The third-order valence-corrected chi connectivity index (χ3v) is 2.84. The van der Waals surface area contributed by atoms with Gasteiger partial charge in [0.05, 0.1) is 0 Å². The summed E-state index contributed by atoms with van der Waals surface area (Å²) in [4.78, 5) is 0. The van der Waals surface area contributed by atoms with Gasteiger partial charge in [0.25, 0.3) is 0 Å². The topological polar surface area (TPSA) is 62.5 Å². The summed E-state index contributed by atoms with van der Waals surface area (Å²) in [5.41, 5.74) is 1.47. The summed E-state index contributed by atoms with van der Waals surface area (Å²) in [6, 6.07) is 12.5. The Bertz CT molecular complexity index is 728. The summed E-state index contributed by atoms with van der Waals surface area (Å²) in [5, 5.41) is 1.77. The molecule has 0 saturated carbocycles. The first-order valence-corrected chi connectivity index (χ1v) is 5.93. The first-order valence-electron chi connectivity index (χ1n) is 4.93. The number of para-hydroxylation sites is 1. The second-order valence-corrected chi connectivity index (χ2v) is 4.12. The fraction of sp³-hybridized carbons (Fsp3) is 0. The van der Waals surface area contributed by atoms with Crippen LogP contribution < -0.4 is 33.7 Å². The molecule has 0 saturated heterocycles. The molecule has 0 aliphatic rings. The predicted octanol–water partition coefficient (Wildman–Crippen LogP) is -0.125. The van der Waals surface area contributed by atoms with Crippen molar-refractivity contribution in [2.75, 3.05) is 0 Å². The van der Waals surface area contributed by atoms with E-state index in [4.69, 9.17) is 4.42 Å². The Labute approximate surface area is 129 Å². The summed E-state index contributed by atoms with van der Waals surface area (Å²) in [6.45, 7) is 0. The third-order valence-electron chi connectivity index (χ3n) is 2.51. The molecular weight excluding hydrogens is 263 g/mol. The molecule has 1 atom stereocenters. The van der Waals surface area contributed by atoms with Gasteiger partial charge in [-0.15, -0.1) is 0 Å². The molecule has 3 aromatic rings. The predicted molar refractivity (Wildman–Crippen MR) is 64.4 cm³/mol. The summed E-state index contributed by atoms with van der Waals surface area (Å²) in [6.07, 6.45) is 0. The quantitative estimate of drug-likeness (QED) is 0.481. The van der Waals surface area contributed by atoms with Gasteiger partial charge in [-0.25, -0.2) is 4.21 Å². The van der Waals surface area contributed by atoms with E-state index in [-0.39, 0.29) is 36.7 Å². The van der Waals surface area contributed by atoms with Crippen LogP contribution in [0.25, 0.3) is 21.9 Å². The van der Waals surface area contributed by atoms with E-state index in [0.717, 1.165) is 16.4 Å². The second-order valence-electron chi connectivity index (χ2n) is 3.54. The maximum absolute atomic E-state index is 10.5. The van der Waals surface area contributed by atoms with Gasteiger partial charge in [0.15, 0.2) is 0 Å². The van der Waals surface area contributed by atoms with Crippen LogP contribution in [0.15, 0.2) is 46.9 Å². The van der Waals surface area contributed by atoms with Crippen LogP contribution in [0, 0.1) is 0 Å². The number of hydrogen-bond acceptors (Lipinski definition) is 4. The van der Waals surface area contributed by atoms with E-state index in [1.54, 1.807) is 18.2 Å². The molecule has 18 heavy (non-hydrogen) atoms. The fourth-order valence-corrected chi connectivity index (χ4v) is 2.10. The van der Waals surface area contributed by atoms with Crippen LogP contribution in [0.3, 0.4) is 0 Å². The molecule has 0 fully saturated rings. The van der Waals surface area contributed by atoms with Crippen molar-refractivity contribution in [1.29, 1.82) is 0 Å².